The molecule has 0 spiro atoms. The van der Waals surface area contributed by atoms with Gasteiger partial charge in [0.2, 0.25) is 0 Å². The van der Waals surface area contributed by atoms with Gasteiger partial charge >= 0.3 is 0 Å². The summed E-state index contributed by atoms with van der Waals surface area (Å²) < 4.78 is 24.3. The molecule has 1 aromatic carbocycles. The highest BCUT2D eigenvalue weighted by atomic mass is 32.2. The Labute approximate surface area is 135 Å². The van der Waals surface area contributed by atoms with Crippen LogP contribution < -0.4 is 5.32 Å². The normalized spacial score (nSPS) is 13.5. The summed E-state index contributed by atoms with van der Waals surface area (Å²) in [6.45, 7) is 0.814. The Balaban J connectivity index is 1.72. The average Bonchev–Trinajstić information content (AvgIpc) is 3.02. The lowest BCUT2D eigenvalue weighted by molar-refractivity contribution is 0.195. The molecule has 6 heteroatoms. The van der Waals surface area contributed by atoms with Crippen molar-refractivity contribution in [1.82, 2.24) is 5.32 Å². The molecule has 0 aliphatic heterocycles. The van der Waals surface area contributed by atoms with Crippen molar-refractivity contribution in [1.29, 1.82) is 0 Å². The molecule has 1 heterocycles. The molecule has 1 aromatic heterocycles. The van der Waals surface area contributed by atoms with Crippen molar-refractivity contribution >= 4 is 27.3 Å². The second-order valence-electron chi connectivity index (χ2n) is 4.84. The molecule has 0 aliphatic carbocycles. The van der Waals surface area contributed by atoms with Gasteiger partial charge in [0.1, 0.15) is 4.21 Å². The maximum atomic E-state index is 12.0. The van der Waals surface area contributed by atoms with Crippen LogP contribution in [0.3, 0.4) is 0 Å². The SMILES string of the molecule is O=S(=O)(CC(O)CNC/C=C/c1ccccc1)c1cccs1. The minimum Gasteiger partial charge on any atom is -0.391 e. The quantitative estimate of drug-likeness (QED) is 0.725. The van der Waals surface area contributed by atoms with Gasteiger partial charge in [0.15, 0.2) is 9.84 Å². The van der Waals surface area contributed by atoms with Gasteiger partial charge in [-0.2, -0.15) is 0 Å². The largest absolute Gasteiger partial charge is 0.391 e. The molecule has 2 rings (SSSR count). The Morgan fingerprint density at radius 1 is 1.18 bits per heavy atom. The van der Waals surface area contributed by atoms with Crippen LogP contribution in [-0.4, -0.2) is 38.5 Å². The number of hydrogen-bond acceptors (Lipinski definition) is 5. The fraction of sp³-hybridized carbons (Fsp3) is 0.250. The summed E-state index contributed by atoms with van der Waals surface area (Å²) >= 11 is 1.17. The number of sulfone groups is 1. The highest BCUT2D eigenvalue weighted by Gasteiger charge is 2.20. The van der Waals surface area contributed by atoms with Crippen LogP contribution in [0, 0.1) is 0 Å². The number of thiophene rings is 1. The highest BCUT2D eigenvalue weighted by molar-refractivity contribution is 7.93. The standard InChI is InChI=1S/C16H19NO3S2/c18-15(13-22(19,20)16-9-5-11-21-16)12-17-10-4-8-14-6-2-1-3-7-14/h1-9,11,15,17-18H,10,12-13H2/b8-4+. The first kappa shape index (κ1) is 16.9. The Morgan fingerprint density at radius 3 is 2.64 bits per heavy atom. The Bertz CT molecular complexity index is 679. The van der Waals surface area contributed by atoms with E-state index < -0.39 is 15.9 Å². The molecule has 0 saturated heterocycles. The van der Waals surface area contributed by atoms with Crippen LogP contribution in [0.5, 0.6) is 0 Å². The zero-order valence-electron chi connectivity index (χ0n) is 12.1. The molecule has 22 heavy (non-hydrogen) atoms. The van der Waals surface area contributed by atoms with Gasteiger partial charge in [-0.3, -0.25) is 0 Å². The van der Waals surface area contributed by atoms with Crippen LogP contribution >= 0.6 is 11.3 Å². The molecule has 0 aliphatic rings. The van der Waals surface area contributed by atoms with E-state index in [1.165, 1.54) is 11.3 Å². The number of rotatable bonds is 8. The second kappa shape index (κ2) is 8.24. The summed E-state index contributed by atoms with van der Waals surface area (Å²) in [6.07, 6.45) is 3.00. The van der Waals surface area contributed by atoms with E-state index in [1.54, 1.807) is 17.5 Å². The van der Waals surface area contributed by atoms with Crippen molar-refractivity contribution in [2.45, 2.75) is 10.3 Å². The summed E-state index contributed by atoms with van der Waals surface area (Å²) in [5.74, 6) is -0.261. The van der Waals surface area contributed by atoms with Crippen LogP contribution in [0.15, 0.2) is 58.1 Å². The van der Waals surface area contributed by atoms with Gasteiger partial charge in [0.25, 0.3) is 0 Å². The van der Waals surface area contributed by atoms with Gasteiger partial charge in [-0.15, -0.1) is 11.3 Å². The fourth-order valence-electron chi connectivity index (χ4n) is 1.93. The molecule has 4 nitrogen and oxygen atoms in total. The van der Waals surface area contributed by atoms with Crippen molar-refractivity contribution in [3.63, 3.8) is 0 Å². The van der Waals surface area contributed by atoms with E-state index in [-0.39, 0.29) is 12.3 Å². The molecular formula is C16H19NO3S2. The molecular weight excluding hydrogens is 318 g/mol. The lowest BCUT2D eigenvalue weighted by atomic mass is 10.2. The van der Waals surface area contributed by atoms with E-state index in [0.717, 1.165) is 5.56 Å². The Hall–Kier alpha value is -1.47. The maximum absolute atomic E-state index is 12.0. The van der Waals surface area contributed by atoms with Crippen LogP contribution in [0.1, 0.15) is 5.56 Å². The van der Waals surface area contributed by atoms with E-state index in [2.05, 4.69) is 5.32 Å². The summed E-state index contributed by atoms with van der Waals surface area (Å²) in [6, 6.07) is 13.1. The van der Waals surface area contributed by atoms with Crippen molar-refractivity contribution in [2.75, 3.05) is 18.8 Å². The molecule has 118 valence electrons. The monoisotopic (exact) mass is 337 g/mol. The first-order valence-corrected chi connectivity index (χ1v) is 9.48. The van der Waals surface area contributed by atoms with Gasteiger partial charge in [0, 0.05) is 13.1 Å². The highest BCUT2D eigenvalue weighted by Crippen LogP contribution is 2.17. The number of hydrogen-bond donors (Lipinski definition) is 2. The molecule has 0 saturated carbocycles. The number of aliphatic hydroxyl groups is 1. The van der Waals surface area contributed by atoms with Crippen LogP contribution in [0.25, 0.3) is 6.08 Å². The van der Waals surface area contributed by atoms with E-state index in [0.29, 0.717) is 10.8 Å². The predicted molar refractivity (Wildman–Crippen MR) is 90.7 cm³/mol. The Kier molecular flexibility index (Phi) is 6.33. The third kappa shape index (κ3) is 5.38. The third-order valence-electron chi connectivity index (χ3n) is 2.97. The topological polar surface area (TPSA) is 66.4 Å². The molecule has 2 aromatic rings. The number of aliphatic hydroxyl groups excluding tert-OH is 1. The summed E-state index contributed by atoms with van der Waals surface area (Å²) in [7, 11) is -3.39. The molecule has 1 unspecified atom stereocenters. The van der Waals surface area contributed by atoms with Gasteiger partial charge in [-0.25, -0.2) is 8.42 Å². The average molecular weight is 337 g/mol. The first-order chi connectivity index (χ1) is 10.6. The minimum atomic E-state index is -3.39. The van der Waals surface area contributed by atoms with E-state index in [9.17, 15) is 13.5 Å². The summed E-state index contributed by atoms with van der Waals surface area (Å²) in [4.78, 5) is 0. The second-order valence-corrected chi connectivity index (χ2v) is 8.05. The van der Waals surface area contributed by atoms with Crippen molar-refractivity contribution in [3.05, 3.63) is 59.5 Å². The van der Waals surface area contributed by atoms with Crippen LogP contribution in [-0.2, 0) is 9.84 Å². The van der Waals surface area contributed by atoms with E-state index in [4.69, 9.17) is 0 Å². The molecule has 2 N–H and O–H groups in total. The molecule has 0 bridgehead atoms. The zero-order chi connectivity index (χ0) is 15.8. The third-order valence-corrected chi connectivity index (χ3v) is 6.25. The summed E-state index contributed by atoms with van der Waals surface area (Å²) in [5.41, 5.74) is 1.10. The first-order valence-electron chi connectivity index (χ1n) is 6.94. The van der Waals surface area contributed by atoms with Gasteiger partial charge in [0.05, 0.1) is 11.9 Å². The van der Waals surface area contributed by atoms with E-state index in [1.807, 2.05) is 42.5 Å². The lowest BCUT2D eigenvalue weighted by Gasteiger charge is -2.10. The van der Waals surface area contributed by atoms with E-state index >= 15 is 0 Å². The molecule has 0 amide bonds. The zero-order valence-corrected chi connectivity index (χ0v) is 13.7. The predicted octanol–water partition coefficient (Wildman–Crippen LogP) is 2.19. The van der Waals surface area contributed by atoms with Crippen molar-refractivity contribution < 1.29 is 13.5 Å². The summed E-state index contributed by atoms with van der Waals surface area (Å²) in [5, 5.41) is 14.6. The fourth-order valence-corrected chi connectivity index (χ4v) is 4.41. The Morgan fingerprint density at radius 2 is 1.95 bits per heavy atom. The minimum absolute atomic E-state index is 0.240. The molecule has 0 fully saturated rings. The molecule has 0 radical (unpaired) electrons. The van der Waals surface area contributed by atoms with Gasteiger partial charge < -0.3 is 10.4 Å². The maximum Gasteiger partial charge on any atom is 0.190 e. The van der Waals surface area contributed by atoms with Gasteiger partial charge in [-0.1, -0.05) is 48.6 Å². The number of nitrogens with one attached hydrogen (secondary N) is 1. The van der Waals surface area contributed by atoms with Crippen molar-refractivity contribution in [3.8, 4) is 0 Å². The number of benzene rings is 1. The van der Waals surface area contributed by atoms with Gasteiger partial charge in [-0.05, 0) is 17.0 Å². The lowest BCUT2D eigenvalue weighted by Crippen LogP contribution is -2.32. The van der Waals surface area contributed by atoms with Crippen molar-refractivity contribution in [2.24, 2.45) is 0 Å². The van der Waals surface area contributed by atoms with Crippen LogP contribution in [0.4, 0.5) is 0 Å². The smallest absolute Gasteiger partial charge is 0.190 e. The van der Waals surface area contributed by atoms with Crippen LogP contribution in [0.2, 0.25) is 0 Å². The molecule has 1 atom stereocenters.